The number of nitrogens with one attached hydrogen (secondary N) is 1. The highest BCUT2D eigenvalue weighted by molar-refractivity contribution is 6.04. The summed E-state index contributed by atoms with van der Waals surface area (Å²) >= 11 is 0. The second-order valence-electron chi connectivity index (χ2n) is 15.8. The van der Waals surface area contributed by atoms with Gasteiger partial charge < -0.3 is 18.9 Å². The molecular formula is C39H53N9O4. The van der Waals surface area contributed by atoms with E-state index in [9.17, 15) is 9.59 Å². The lowest BCUT2D eigenvalue weighted by Gasteiger charge is -2.42. The Bertz CT molecular complexity index is 1910. The van der Waals surface area contributed by atoms with E-state index >= 15 is 0 Å². The summed E-state index contributed by atoms with van der Waals surface area (Å²) < 4.78 is 15.7. The van der Waals surface area contributed by atoms with Crippen LogP contribution >= 0.6 is 0 Å². The van der Waals surface area contributed by atoms with Gasteiger partial charge in [0.2, 0.25) is 11.8 Å². The molecule has 0 radical (unpaired) electrons. The lowest BCUT2D eigenvalue weighted by molar-refractivity contribution is 0.00557. The molecule has 52 heavy (non-hydrogen) atoms. The fourth-order valence-electron chi connectivity index (χ4n) is 7.73. The van der Waals surface area contributed by atoms with Gasteiger partial charge in [-0.1, -0.05) is 13.0 Å². The van der Waals surface area contributed by atoms with Gasteiger partial charge in [-0.15, -0.1) is 0 Å². The van der Waals surface area contributed by atoms with Crippen LogP contribution in [0.4, 0.5) is 10.7 Å². The summed E-state index contributed by atoms with van der Waals surface area (Å²) in [5, 5.41) is 7.56. The second kappa shape index (κ2) is 14.9. The first-order chi connectivity index (χ1) is 24.9. The molecule has 2 bridgehead atoms. The maximum absolute atomic E-state index is 13.8. The molecule has 13 nitrogen and oxygen atoms in total. The number of amides is 2. The largest absolute Gasteiger partial charge is 0.477 e. The SMILES string of the molecule is Cc1cc2cc(n1)-c1cnn(C)c1OCCC[C@@H](C)Cn1c(nc3ccc(CN4CCC(N5CCN(C(=O)OC(C)(C)C)CC5)CC4)cc31)NC2=O. The number of aryl methyl sites for hydroxylation is 2. The highest BCUT2D eigenvalue weighted by Gasteiger charge is 2.31. The van der Waals surface area contributed by atoms with E-state index in [1.165, 1.54) is 5.56 Å². The smallest absolute Gasteiger partial charge is 0.410 e. The first kappa shape index (κ1) is 35.9. The zero-order chi connectivity index (χ0) is 36.6. The average Bonchev–Trinajstić information content (AvgIpc) is 3.64. The van der Waals surface area contributed by atoms with Gasteiger partial charge in [0.25, 0.3) is 5.91 Å². The average molecular weight is 712 g/mol. The van der Waals surface area contributed by atoms with E-state index in [4.69, 9.17) is 19.4 Å². The van der Waals surface area contributed by atoms with Crippen molar-refractivity contribution in [2.75, 3.05) is 51.2 Å². The van der Waals surface area contributed by atoms with Crippen LogP contribution in [0.3, 0.4) is 0 Å². The third-order valence-electron chi connectivity index (χ3n) is 10.4. The summed E-state index contributed by atoms with van der Waals surface area (Å²) in [6.07, 6.45) is 5.60. The van der Waals surface area contributed by atoms with Crippen LogP contribution in [0, 0.1) is 12.8 Å². The van der Waals surface area contributed by atoms with E-state index < -0.39 is 5.60 Å². The van der Waals surface area contributed by atoms with E-state index in [1.54, 1.807) is 23.0 Å². The van der Waals surface area contributed by atoms with Crippen LogP contribution in [0.15, 0.2) is 36.5 Å². The number of hydrogen-bond acceptors (Lipinski definition) is 9. The van der Waals surface area contributed by atoms with Crippen molar-refractivity contribution < 1.29 is 19.1 Å². The summed E-state index contributed by atoms with van der Waals surface area (Å²) in [7, 11) is 1.86. The number of piperazine rings is 1. The van der Waals surface area contributed by atoms with Crippen LogP contribution in [0.2, 0.25) is 0 Å². The minimum atomic E-state index is -0.473. The third-order valence-corrected chi connectivity index (χ3v) is 10.4. The molecule has 1 N–H and O–H groups in total. The number of likely N-dealkylation sites (tertiary alicyclic amines) is 1. The number of imidazole rings is 1. The Morgan fingerprint density at radius 2 is 1.79 bits per heavy atom. The number of anilines is 1. The molecule has 278 valence electrons. The van der Waals surface area contributed by atoms with Gasteiger partial charge in [-0.25, -0.2) is 14.5 Å². The summed E-state index contributed by atoms with van der Waals surface area (Å²) in [4.78, 5) is 42.9. The van der Waals surface area contributed by atoms with E-state index in [1.807, 2.05) is 39.6 Å². The predicted molar refractivity (Wildman–Crippen MR) is 200 cm³/mol. The van der Waals surface area contributed by atoms with E-state index in [2.05, 4.69) is 49.9 Å². The molecule has 0 saturated carbocycles. The summed E-state index contributed by atoms with van der Waals surface area (Å²) in [5.74, 6) is 1.31. The Morgan fingerprint density at radius 1 is 1.02 bits per heavy atom. The maximum Gasteiger partial charge on any atom is 0.410 e. The topological polar surface area (TPSA) is 123 Å². The van der Waals surface area contributed by atoms with Crippen molar-refractivity contribution in [1.82, 2.24) is 39.0 Å². The normalized spacial score (nSPS) is 20.0. The van der Waals surface area contributed by atoms with Gasteiger partial charge in [0.1, 0.15) is 5.60 Å². The molecular weight excluding hydrogens is 658 g/mol. The number of benzene rings is 1. The molecule has 2 fully saturated rings. The van der Waals surface area contributed by atoms with Gasteiger partial charge in [0, 0.05) is 63.6 Å². The second-order valence-corrected chi connectivity index (χ2v) is 15.8. The first-order valence-electron chi connectivity index (χ1n) is 18.8. The molecule has 3 aliphatic heterocycles. The lowest BCUT2D eigenvalue weighted by Crippen LogP contribution is -2.54. The third kappa shape index (κ3) is 8.10. The van der Waals surface area contributed by atoms with Crippen LogP contribution in [0.25, 0.3) is 22.3 Å². The van der Waals surface area contributed by atoms with Gasteiger partial charge in [0.05, 0.1) is 35.1 Å². The Morgan fingerprint density at radius 3 is 2.54 bits per heavy atom. The zero-order valence-electron chi connectivity index (χ0n) is 31.5. The van der Waals surface area contributed by atoms with E-state index in [0.717, 1.165) is 87.2 Å². The Labute approximate surface area is 306 Å². The maximum atomic E-state index is 13.8. The summed E-state index contributed by atoms with van der Waals surface area (Å²) in [6, 6.07) is 10.6. The van der Waals surface area contributed by atoms with E-state index in [0.29, 0.717) is 54.7 Å². The standard InChI is InChI=1S/C39H53N9O4/c1-26-8-7-19-51-36-31(23-40-44(36)6)33-22-29(20-27(2)41-33)35(49)43-37-42-32-10-9-28(21-34(32)48(37)24-26)25-45-13-11-30(12-14-45)46-15-17-47(18-16-46)38(50)52-39(3,4)5/h9-10,20-23,26,30H,7-8,11-19,24-25H2,1-6H3,(H,42,43,49)/t26-/m1/s1. The monoisotopic (exact) mass is 711 g/mol. The van der Waals surface area contributed by atoms with Crippen LogP contribution in [-0.4, -0.2) is 109 Å². The van der Waals surface area contributed by atoms with Crippen molar-refractivity contribution in [3.05, 3.63) is 53.3 Å². The molecule has 2 amide bonds. The molecule has 1 atom stereocenters. The molecule has 6 heterocycles. The predicted octanol–water partition coefficient (Wildman–Crippen LogP) is 5.72. The van der Waals surface area contributed by atoms with E-state index in [-0.39, 0.29) is 12.0 Å². The van der Waals surface area contributed by atoms with Crippen molar-refractivity contribution in [2.24, 2.45) is 13.0 Å². The number of rotatable bonds is 3. The minimum Gasteiger partial charge on any atom is -0.477 e. The molecule has 0 unspecified atom stereocenters. The summed E-state index contributed by atoms with van der Waals surface area (Å²) in [5.41, 5.74) is 5.33. The number of aromatic nitrogens is 5. The van der Waals surface area contributed by atoms with Crippen molar-refractivity contribution in [3.8, 4) is 17.1 Å². The zero-order valence-corrected chi connectivity index (χ0v) is 31.5. The van der Waals surface area contributed by atoms with Gasteiger partial charge in [0.15, 0.2) is 0 Å². The fraction of sp³-hybridized carbons (Fsp3) is 0.564. The Kier molecular flexibility index (Phi) is 10.3. The summed E-state index contributed by atoms with van der Waals surface area (Å²) in [6.45, 7) is 17.3. The highest BCUT2D eigenvalue weighted by Crippen LogP contribution is 2.31. The molecule has 0 spiro atoms. The molecule has 4 aromatic rings. The number of piperidine rings is 1. The highest BCUT2D eigenvalue weighted by atomic mass is 16.6. The van der Waals surface area contributed by atoms with Crippen LogP contribution < -0.4 is 10.1 Å². The molecule has 3 aliphatic rings. The Balaban J connectivity index is 1.04. The first-order valence-corrected chi connectivity index (χ1v) is 18.8. The van der Waals surface area contributed by atoms with Gasteiger partial charge in [-0.2, -0.15) is 5.10 Å². The van der Waals surface area contributed by atoms with Crippen LogP contribution in [0.1, 0.15) is 75.0 Å². The fourth-order valence-corrected chi connectivity index (χ4v) is 7.73. The van der Waals surface area contributed by atoms with Crippen molar-refractivity contribution in [3.63, 3.8) is 0 Å². The number of pyridine rings is 1. The Hall–Kier alpha value is -4.49. The number of nitrogens with zero attached hydrogens (tertiary/aromatic N) is 8. The number of ether oxygens (including phenoxy) is 2. The molecule has 0 aliphatic carbocycles. The number of carbonyl (C=O) groups excluding carboxylic acids is 2. The minimum absolute atomic E-state index is 0.207. The van der Waals surface area contributed by atoms with Crippen LogP contribution in [0.5, 0.6) is 5.88 Å². The number of hydrogen-bond donors (Lipinski definition) is 1. The quantitative estimate of drug-likeness (QED) is 0.285. The van der Waals surface area contributed by atoms with Crippen molar-refractivity contribution >= 4 is 29.0 Å². The molecule has 13 heteroatoms. The number of fused-ring (bicyclic) bond motifs is 7. The molecule has 7 rings (SSSR count). The van der Waals surface area contributed by atoms with Gasteiger partial charge in [-0.05, 0) is 102 Å². The lowest BCUT2D eigenvalue weighted by atomic mass is 10.0. The molecule has 3 aromatic heterocycles. The van der Waals surface area contributed by atoms with Crippen molar-refractivity contribution in [1.29, 1.82) is 0 Å². The molecule has 1 aromatic carbocycles. The van der Waals surface area contributed by atoms with Crippen LogP contribution in [-0.2, 0) is 24.9 Å². The van der Waals surface area contributed by atoms with Gasteiger partial charge >= 0.3 is 6.09 Å². The van der Waals surface area contributed by atoms with Gasteiger partial charge in [-0.3, -0.25) is 24.9 Å². The number of carbonyl (C=O) groups is 2. The van der Waals surface area contributed by atoms with Crippen molar-refractivity contribution in [2.45, 2.75) is 85.0 Å². The molecule has 2 saturated heterocycles.